The third-order valence-electron chi connectivity index (χ3n) is 1.52. The maximum Gasteiger partial charge on any atom is 0.407 e. The van der Waals surface area contributed by atoms with Crippen LogP contribution in [-0.2, 0) is 4.74 Å². The van der Waals surface area contributed by atoms with Crippen molar-refractivity contribution < 1.29 is 28.5 Å². The number of hydrogen-bond donors (Lipinski definition) is 4. The first-order chi connectivity index (χ1) is 8.66. The predicted molar refractivity (Wildman–Crippen MR) is 67.3 cm³/mol. The number of halogens is 2. The molecule has 0 bridgehead atoms. The molecule has 0 rings (SSSR count). The fraction of sp³-hybridized carbons (Fsp3) is 0.909. The first-order valence-corrected chi connectivity index (χ1v) is 5.83. The lowest BCUT2D eigenvalue weighted by Gasteiger charge is -2.19. The molecule has 116 valence electrons. The minimum absolute atomic E-state index is 0.0868. The van der Waals surface area contributed by atoms with E-state index in [1.165, 1.54) is 0 Å². The summed E-state index contributed by atoms with van der Waals surface area (Å²) in [4.78, 5) is 10.9. The van der Waals surface area contributed by atoms with Crippen molar-refractivity contribution in [3.8, 4) is 0 Å². The molecule has 0 aromatic heterocycles. The lowest BCUT2D eigenvalue weighted by Crippen LogP contribution is -2.36. The molecular weight excluding hydrogens is 262 g/mol. The first kappa shape index (κ1) is 20.3. The van der Waals surface area contributed by atoms with Crippen molar-refractivity contribution in [3.63, 3.8) is 0 Å². The Bertz CT molecular complexity index is 233. The highest BCUT2D eigenvalue weighted by Crippen LogP contribution is 2.06. The number of hydrogen-bond acceptors (Lipinski definition) is 5. The van der Waals surface area contributed by atoms with Crippen LogP contribution < -0.4 is 11.1 Å². The standard InChI is InChI=1S/C8H16FNO3.C3H8FNO/c1-8(2,3)13-7(12)10-4-6(9)5-11;4-3(1-5)2-6/h6,11H,4-5H2,1-3H3,(H,10,12);3,6H,1-2,5H2. The van der Waals surface area contributed by atoms with E-state index in [0.717, 1.165) is 0 Å². The number of carbonyl (C=O) groups is 1. The van der Waals surface area contributed by atoms with E-state index in [9.17, 15) is 13.6 Å². The molecule has 0 fully saturated rings. The number of amides is 1. The Hall–Kier alpha value is -0.990. The minimum Gasteiger partial charge on any atom is -0.444 e. The fourth-order valence-electron chi connectivity index (χ4n) is 0.647. The number of nitrogens with two attached hydrogens (primary N) is 1. The van der Waals surface area contributed by atoms with Gasteiger partial charge in [-0.2, -0.15) is 0 Å². The van der Waals surface area contributed by atoms with Crippen molar-refractivity contribution in [3.05, 3.63) is 0 Å². The number of alkyl carbamates (subject to hydrolysis) is 1. The largest absolute Gasteiger partial charge is 0.444 e. The van der Waals surface area contributed by atoms with Crippen LogP contribution in [0.5, 0.6) is 0 Å². The lowest BCUT2D eigenvalue weighted by molar-refractivity contribution is 0.0503. The molecule has 0 saturated heterocycles. The van der Waals surface area contributed by atoms with E-state index in [1.807, 2.05) is 0 Å². The molecule has 0 aliphatic rings. The molecule has 2 unspecified atom stereocenters. The van der Waals surface area contributed by atoms with Gasteiger partial charge in [0.1, 0.15) is 17.9 Å². The van der Waals surface area contributed by atoms with E-state index in [1.54, 1.807) is 20.8 Å². The zero-order valence-electron chi connectivity index (χ0n) is 11.5. The Morgan fingerprint density at radius 2 is 1.74 bits per heavy atom. The molecule has 6 nitrogen and oxygen atoms in total. The van der Waals surface area contributed by atoms with Crippen LogP contribution in [0.25, 0.3) is 0 Å². The summed E-state index contributed by atoms with van der Waals surface area (Å²) in [5.74, 6) is 0. The zero-order chi connectivity index (χ0) is 15.5. The second kappa shape index (κ2) is 10.9. The lowest BCUT2D eigenvalue weighted by atomic mass is 10.2. The number of aliphatic hydroxyl groups is 2. The monoisotopic (exact) mass is 286 g/mol. The van der Waals surface area contributed by atoms with Gasteiger partial charge in [-0.1, -0.05) is 0 Å². The van der Waals surface area contributed by atoms with E-state index >= 15 is 0 Å². The molecule has 0 aromatic rings. The van der Waals surface area contributed by atoms with Crippen LogP contribution in [0, 0.1) is 0 Å². The van der Waals surface area contributed by atoms with E-state index in [2.05, 4.69) is 5.32 Å². The summed E-state index contributed by atoms with van der Waals surface area (Å²) in [6, 6.07) is 0. The van der Waals surface area contributed by atoms with Crippen molar-refractivity contribution in [2.24, 2.45) is 5.73 Å². The van der Waals surface area contributed by atoms with Gasteiger partial charge in [0.15, 0.2) is 0 Å². The van der Waals surface area contributed by atoms with Crippen molar-refractivity contribution in [2.45, 2.75) is 38.7 Å². The number of nitrogens with one attached hydrogen (secondary N) is 1. The second-order valence-corrected chi connectivity index (χ2v) is 4.68. The molecule has 0 aliphatic carbocycles. The molecule has 0 heterocycles. The molecule has 2 atom stereocenters. The van der Waals surface area contributed by atoms with E-state index in [0.29, 0.717) is 0 Å². The van der Waals surface area contributed by atoms with Gasteiger partial charge in [0.2, 0.25) is 0 Å². The minimum atomic E-state index is -1.44. The van der Waals surface area contributed by atoms with Crippen LogP contribution in [0.4, 0.5) is 13.6 Å². The Morgan fingerprint density at radius 1 is 1.26 bits per heavy atom. The molecule has 5 N–H and O–H groups in total. The van der Waals surface area contributed by atoms with Gasteiger partial charge in [-0.3, -0.25) is 0 Å². The van der Waals surface area contributed by atoms with E-state index < -0.39 is 37.3 Å². The first-order valence-electron chi connectivity index (χ1n) is 5.83. The summed E-state index contributed by atoms with van der Waals surface area (Å²) in [6.45, 7) is 3.76. The number of rotatable bonds is 5. The van der Waals surface area contributed by atoms with E-state index in [4.69, 9.17) is 20.7 Å². The van der Waals surface area contributed by atoms with Crippen LogP contribution >= 0.6 is 0 Å². The molecular formula is C11H24F2N2O4. The highest BCUT2D eigenvalue weighted by atomic mass is 19.1. The van der Waals surface area contributed by atoms with Crippen molar-refractivity contribution in [2.75, 3.05) is 26.3 Å². The quantitative estimate of drug-likeness (QED) is 0.574. The topological polar surface area (TPSA) is 105 Å². The fourth-order valence-corrected chi connectivity index (χ4v) is 0.647. The second-order valence-electron chi connectivity index (χ2n) is 4.68. The van der Waals surface area contributed by atoms with Gasteiger partial charge < -0.3 is 26.0 Å². The smallest absolute Gasteiger partial charge is 0.407 e. The average molecular weight is 286 g/mol. The van der Waals surface area contributed by atoms with Crippen LogP contribution in [0.3, 0.4) is 0 Å². The molecule has 8 heteroatoms. The molecule has 0 spiro atoms. The number of alkyl halides is 2. The van der Waals surface area contributed by atoms with Gasteiger partial charge in [0.25, 0.3) is 0 Å². The summed E-state index contributed by atoms with van der Waals surface area (Å²) in [5.41, 5.74) is 4.16. The average Bonchev–Trinajstić information content (AvgIpc) is 2.33. The maximum atomic E-state index is 12.4. The van der Waals surface area contributed by atoms with Gasteiger partial charge in [-0.05, 0) is 20.8 Å². The van der Waals surface area contributed by atoms with Crippen molar-refractivity contribution >= 4 is 6.09 Å². The van der Waals surface area contributed by atoms with Gasteiger partial charge in [-0.15, -0.1) is 0 Å². The van der Waals surface area contributed by atoms with Crippen LogP contribution in [0.15, 0.2) is 0 Å². The predicted octanol–water partition coefficient (Wildman–Crippen LogP) is 0.117. The Kier molecular flexibility index (Phi) is 11.7. The Morgan fingerprint density at radius 3 is 2.00 bits per heavy atom. The van der Waals surface area contributed by atoms with E-state index in [-0.39, 0.29) is 13.1 Å². The summed E-state index contributed by atoms with van der Waals surface area (Å²) in [6.07, 6.45) is -3.35. The molecule has 0 aliphatic heterocycles. The summed E-state index contributed by atoms with van der Waals surface area (Å²) in [5, 5.41) is 18.4. The number of aliphatic hydroxyl groups excluding tert-OH is 2. The number of carbonyl (C=O) groups excluding carboxylic acids is 1. The van der Waals surface area contributed by atoms with Crippen LogP contribution in [-0.4, -0.2) is 60.6 Å². The molecule has 19 heavy (non-hydrogen) atoms. The summed E-state index contributed by atoms with van der Waals surface area (Å²) in [7, 11) is 0. The molecule has 0 aromatic carbocycles. The highest BCUT2D eigenvalue weighted by Gasteiger charge is 2.16. The van der Waals surface area contributed by atoms with Crippen molar-refractivity contribution in [1.82, 2.24) is 5.32 Å². The highest BCUT2D eigenvalue weighted by molar-refractivity contribution is 5.67. The van der Waals surface area contributed by atoms with Gasteiger partial charge >= 0.3 is 6.09 Å². The summed E-state index contributed by atoms with van der Waals surface area (Å²) < 4.78 is 28.7. The van der Waals surface area contributed by atoms with Gasteiger partial charge in [-0.25, -0.2) is 13.6 Å². The van der Waals surface area contributed by atoms with Crippen molar-refractivity contribution in [1.29, 1.82) is 0 Å². The van der Waals surface area contributed by atoms with Crippen LogP contribution in [0.1, 0.15) is 20.8 Å². The third kappa shape index (κ3) is 17.0. The maximum absolute atomic E-state index is 12.4. The SMILES string of the molecule is CC(C)(C)OC(=O)NCC(F)CO.NCC(F)CO. The molecule has 0 saturated carbocycles. The third-order valence-corrected chi connectivity index (χ3v) is 1.52. The van der Waals surface area contributed by atoms with Gasteiger partial charge in [0, 0.05) is 6.54 Å². The van der Waals surface area contributed by atoms with Crippen LogP contribution in [0.2, 0.25) is 0 Å². The molecule has 0 radical (unpaired) electrons. The van der Waals surface area contributed by atoms with Gasteiger partial charge in [0.05, 0.1) is 19.8 Å². The normalized spacial score (nSPS) is 13.9. The number of ether oxygens (including phenoxy) is 1. The molecule has 1 amide bonds. The zero-order valence-corrected chi connectivity index (χ0v) is 11.5. The summed E-state index contributed by atoms with van der Waals surface area (Å²) >= 11 is 0. The Labute approximate surface area is 111 Å². The Balaban J connectivity index is 0.